The third-order valence-corrected chi connectivity index (χ3v) is 3.45. The first-order valence-corrected chi connectivity index (χ1v) is 6.98. The van der Waals surface area contributed by atoms with Crippen LogP contribution in [0.25, 0.3) is 6.08 Å². The smallest absolute Gasteiger partial charge is 0.250 e. The number of nitrogens with two attached hydrogens (primary N) is 2. The molecule has 0 radical (unpaired) electrons. The van der Waals surface area contributed by atoms with Gasteiger partial charge in [-0.2, -0.15) is 0 Å². The Morgan fingerprint density at radius 1 is 1.38 bits per heavy atom. The molecular weight excluding hydrogens is 264 g/mol. The lowest BCUT2D eigenvalue weighted by Crippen LogP contribution is -2.36. The molecule has 5 heteroatoms. The predicted molar refractivity (Wildman–Crippen MR) is 85.2 cm³/mol. The van der Waals surface area contributed by atoms with E-state index >= 15 is 0 Å². The third kappa shape index (κ3) is 4.21. The van der Waals surface area contributed by atoms with E-state index in [-0.39, 0.29) is 11.9 Å². The number of hydrogen-bond acceptors (Lipinski definition) is 3. The van der Waals surface area contributed by atoms with Crippen molar-refractivity contribution in [1.29, 1.82) is 0 Å². The Morgan fingerprint density at radius 2 is 2.19 bits per heavy atom. The summed E-state index contributed by atoms with van der Waals surface area (Å²) >= 11 is 0. The Kier molecular flexibility index (Phi) is 5.15. The molecule has 1 aliphatic carbocycles. The summed E-state index contributed by atoms with van der Waals surface area (Å²) in [6.07, 6.45) is 11.2. The predicted octanol–water partition coefficient (Wildman–Crippen LogP) is 1.83. The maximum atomic E-state index is 11.6. The molecule has 0 spiro atoms. The number of hydrogen-bond donors (Lipinski definition) is 3. The summed E-state index contributed by atoms with van der Waals surface area (Å²) in [5.74, 6) is 4.93. The SMILES string of the molecule is NN=C(N)NC(=O)/C=C/c1ccccc1C1C=CCCC1. The van der Waals surface area contributed by atoms with Gasteiger partial charge in [0.15, 0.2) is 0 Å². The molecule has 110 valence electrons. The second kappa shape index (κ2) is 7.28. The zero-order valence-electron chi connectivity index (χ0n) is 11.8. The maximum absolute atomic E-state index is 11.6. The molecule has 1 aromatic rings. The van der Waals surface area contributed by atoms with Gasteiger partial charge in [-0.05, 0) is 36.5 Å². The lowest BCUT2D eigenvalue weighted by atomic mass is 9.86. The molecule has 0 bridgehead atoms. The van der Waals surface area contributed by atoms with E-state index in [4.69, 9.17) is 11.6 Å². The van der Waals surface area contributed by atoms with Crippen LogP contribution in [0.4, 0.5) is 0 Å². The topological polar surface area (TPSA) is 93.5 Å². The molecule has 0 aromatic heterocycles. The van der Waals surface area contributed by atoms with Crippen LogP contribution in [0.3, 0.4) is 0 Å². The summed E-state index contributed by atoms with van der Waals surface area (Å²) in [4.78, 5) is 11.6. The van der Waals surface area contributed by atoms with Crippen molar-refractivity contribution in [2.75, 3.05) is 0 Å². The van der Waals surface area contributed by atoms with Crippen LogP contribution in [0.5, 0.6) is 0 Å². The average molecular weight is 284 g/mol. The van der Waals surface area contributed by atoms with Crippen LogP contribution in [0.2, 0.25) is 0 Å². The molecule has 0 saturated carbocycles. The van der Waals surface area contributed by atoms with Gasteiger partial charge >= 0.3 is 0 Å². The van der Waals surface area contributed by atoms with E-state index in [0.29, 0.717) is 5.92 Å². The Balaban J connectivity index is 2.14. The van der Waals surface area contributed by atoms with Crippen LogP contribution in [-0.4, -0.2) is 11.9 Å². The minimum absolute atomic E-state index is 0.104. The van der Waals surface area contributed by atoms with Gasteiger partial charge in [-0.25, -0.2) is 0 Å². The first-order chi connectivity index (χ1) is 10.2. The Labute approximate surface area is 124 Å². The maximum Gasteiger partial charge on any atom is 0.250 e. The quantitative estimate of drug-likeness (QED) is 0.197. The van der Waals surface area contributed by atoms with Crippen LogP contribution in [0.15, 0.2) is 47.6 Å². The van der Waals surface area contributed by atoms with Crippen molar-refractivity contribution in [1.82, 2.24) is 5.32 Å². The molecule has 0 saturated heterocycles. The summed E-state index contributed by atoms with van der Waals surface area (Å²) in [5, 5.41) is 5.56. The third-order valence-electron chi connectivity index (χ3n) is 3.45. The zero-order chi connectivity index (χ0) is 15.1. The summed E-state index contributed by atoms with van der Waals surface area (Å²) in [6.45, 7) is 0. The largest absolute Gasteiger partial charge is 0.368 e. The van der Waals surface area contributed by atoms with Gasteiger partial charge in [-0.1, -0.05) is 36.4 Å². The van der Waals surface area contributed by atoms with E-state index in [1.165, 1.54) is 18.1 Å². The number of guanidine groups is 1. The fourth-order valence-electron chi connectivity index (χ4n) is 2.44. The standard InChI is InChI=1S/C16H20N4O/c17-16(20-18)19-15(21)11-10-13-8-4-5-9-14(13)12-6-2-1-3-7-12/h2,4-6,8-12H,1,3,7,18H2,(H3,17,19,20,21)/b11-10+. The van der Waals surface area contributed by atoms with Gasteiger partial charge in [0.25, 0.3) is 5.91 Å². The number of hydrazone groups is 1. The molecule has 0 heterocycles. The molecule has 0 aliphatic heterocycles. The Morgan fingerprint density at radius 3 is 2.90 bits per heavy atom. The summed E-state index contributed by atoms with van der Waals surface area (Å²) in [5.41, 5.74) is 7.61. The number of carbonyl (C=O) groups is 1. The fraction of sp³-hybridized carbons (Fsp3) is 0.250. The Hall–Kier alpha value is -2.56. The van der Waals surface area contributed by atoms with Crippen molar-refractivity contribution in [2.45, 2.75) is 25.2 Å². The van der Waals surface area contributed by atoms with Crippen molar-refractivity contribution >= 4 is 17.9 Å². The van der Waals surface area contributed by atoms with Crippen molar-refractivity contribution in [3.05, 3.63) is 53.6 Å². The summed E-state index contributed by atoms with van der Waals surface area (Å²) in [6, 6.07) is 8.09. The number of nitrogens with zero attached hydrogens (tertiary/aromatic N) is 1. The first-order valence-electron chi connectivity index (χ1n) is 6.98. The highest BCUT2D eigenvalue weighted by Gasteiger charge is 2.13. The number of amides is 1. The first kappa shape index (κ1) is 14.8. The van der Waals surface area contributed by atoms with E-state index in [9.17, 15) is 4.79 Å². The molecule has 1 atom stereocenters. The number of benzene rings is 1. The molecule has 1 aromatic carbocycles. The average Bonchev–Trinajstić information content (AvgIpc) is 2.54. The van der Waals surface area contributed by atoms with Crippen LogP contribution in [0.1, 0.15) is 36.3 Å². The van der Waals surface area contributed by atoms with Crippen molar-refractivity contribution in [2.24, 2.45) is 16.7 Å². The number of rotatable bonds is 3. The molecular formula is C16H20N4O. The molecule has 0 fully saturated rings. The highest BCUT2D eigenvalue weighted by molar-refractivity contribution is 6.03. The van der Waals surface area contributed by atoms with Gasteiger partial charge in [-0.15, -0.1) is 5.10 Å². The highest BCUT2D eigenvalue weighted by atomic mass is 16.1. The molecule has 2 rings (SSSR count). The summed E-state index contributed by atoms with van der Waals surface area (Å²) in [7, 11) is 0. The van der Waals surface area contributed by atoms with E-state index in [1.807, 2.05) is 18.2 Å². The van der Waals surface area contributed by atoms with Crippen molar-refractivity contribution in [3.8, 4) is 0 Å². The van der Waals surface area contributed by atoms with Crippen LogP contribution in [-0.2, 0) is 4.79 Å². The van der Waals surface area contributed by atoms with E-state index < -0.39 is 0 Å². The monoisotopic (exact) mass is 284 g/mol. The van der Waals surface area contributed by atoms with Gasteiger partial charge in [0.05, 0.1) is 0 Å². The second-order valence-electron chi connectivity index (χ2n) is 4.93. The minimum Gasteiger partial charge on any atom is -0.368 e. The number of carbonyl (C=O) groups excluding carboxylic acids is 1. The van der Waals surface area contributed by atoms with Crippen molar-refractivity contribution in [3.63, 3.8) is 0 Å². The van der Waals surface area contributed by atoms with Gasteiger partial charge in [-0.3, -0.25) is 10.1 Å². The zero-order valence-corrected chi connectivity index (χ0v) is 11.8. The molecule has 21 heavy (non-hydrogen) atoms. The van der Waals surface area contributed by atoms with Crippen LogP contribution in [0, 0.1) is 0 Å². The van der Waals surface area contributed by atoms with E-state index in [2.05, 4.69) is 28.6 Å². The van der Waals surface area contributed by atoms with Crippen LogP contribution < -0.4 is 16.9 Å². The lowest BCUT2D eigenvalue weighted by molar-refractivity contribution is -0.115. The van der Waals surface area contributed by atoms with Crippen molar-refractivity contribution < 1.29 is 4.79 Å². The number of allylic oxidation sites excluding steroid dienone is 2. The van der Waals surface area contributed by atoms with E-state index in [0.717, 1.165) is 18.4 Å². The highest BCUT2D eigenvalue weighted by Crippen LogP contribution is 2.30. The van der Waals surface area contributed by atoms with Gasteiger partial charge in [0.1, 0.15) is 0 Å². The molecule has 1 unspecified atom stereocenters. The van der Waals surface area contributed by atoms with Gasteiger partial charge in [0.2, 0.25) is 5.96 Å². The van der Waals surface area contributed by atoms with E-state index in [1.54, 1.807) is 6.08 Å². The molecule has 5 nitrogen and oxygen atoms in total. The Bertz CT molecular complexity index is 590. The van der Waals surface area contributed by atoms with Crippen LogP contribution >= 0.6 is 0 Å². The number of nitrogens with one attached hydrogen (secondary N) is 1. The second-order valence-corrected chi connectivity index (χ2v) is 4.93. The minimum atomic E-state index is -0.351. The molecule has 5 N–H and O–H groups in total. The normalized spacial score (nSPS) is 18.9. The fourth-order valence-corrected chi connectivity index (χ4v) is 2.44. The van der Waals surface area contributed by atoms with Gasteiger partial charge in [0, 0.05) is 12.0 Å². The van der Waals surface area contributed by atoms with Gasteiger partial charge < -0.3 is 11.6 Å². The molecule has 1 amide bonds. The summed E-state index contributed by atoms with van der Waals surface area (Å²) < 4.78 is 0. The lowest BCUT2D eigenvalue weighted by Gasteiger charge is -2.18. The molecule has 1 aliphatic rings.